The lowest BCUT2D eigenvalue weighted by Gasteiger charge is -2.24. The Morgan fingerprint density at radius 1 is 0.733 bits per heavy atom. The summed E-state index contributed by atoms with van der Waals surface area (Å²) in [6.45, 7) is 9.62. The van der Waals surface area contributed by atoms with Crippen molar-refractivity contribution in [2.24, 2.45) is 0 Å². The fraction of sp³-hybridized carbons (Fsp3) is 1.00. The van der Waals surface area contributed by atoms with Crippen molar-refractivity contribution in [2.45, 2.75) is 66.0 Å². The van der Waals surface area contributed by atoms with Crippen molar-refractivity contribution in [2.75, 3.05) is 13.2 Å². The summed E-state index contributed by atoms with van der Waals surface area (Å²) in [5.41, 5.74) is 0. The molecule has 0 heterocycles. The van der Waals surface area contributed by atoms with Crippen LogP contribution >= 0.6 is 0 Å². The molecule has 0 bridgehead atoms. The van der Waals surface area contributed by atoms with Gasteiger partial charge in [-0.05, 0) is 26.7 Å². The Balaban J connectivity index is 3.93. The summed E-state index contributed by atoms with van der Waals surface area (Å²) in [6.07, 6.45) is 3.78. The van der Waals surface area contributed by atoms with Crippen LogP contribution in [-0.4, -0.2) is 25.8 Å². The van der Waals surface area contributed by atoms with Gasteiger partial charge in [-0.15, -0.1) is 0 Å². The zero-order chi connectivity index (χ0) is 11.5. The second kappa shape index (κ2) is 10.4. The first-order chi connectivity index (χ1) is 7.28. The van der Waals surface area contributed by atoms with E-state index in [2.05, 4.69) is 13.8 Å². The van der Waals surface area contributed by atoms with E-state index in [4.69, 9.17) is 14.2 Å². The average Bonchev–Trinajstić information content (AvgIpc) is 2.19. The molecule has 0 aliphatic rings. The normalized spacial score (nSPS) is 15.2. The minimum absolute atomic E-state index is 0.108. The Bertz CT molecular complexity index is 102. The molecule has 2 unspecified atom stereocenters. The number of hydrogen-bond acceptors (Lipinski definition) is 3. The van der Waals surface area contributed by atoms with Crippen LogP contribution in [0.2, 0.25) is 0 Å². The standard InChI is InChI=1S/C12H26O3/c1-5-9-11(13-7-3)15-12(10-6-2)14-8-4/h11-12H,5-10H2,1-4H3. The van der Waals surface area contributed by atoms with E-state index in [-0.39, 0.29) is 12.6 Å². The fourth-order valence-electron chi connectivity index (χ4n) is 1.39. The molecule has 0 N–H and O–H groups in total. The van der Waals surface area contributed by atoms with E-state index < -0.39 is 0 Å². The first-order valence-electron chi connectivity index (χ1n) is 6.17. The number of hydrogen-bond donors (Lipinski definition) is 0. The van der Waals surface area contributed by atoms with Crippen LogP contribution in [0.25, 0.3) is 0 Å². The molecule has 15 heavy (non-hydrogen) atoms. The largest absolute Gasteiger partial charge is 0.353 e. The van der Waals surface area contributed by atoms with Gasteiger partial charge in [0.25, 0.3) is 0 Å². The molecule has 0 spiro atoms. The van der Waals surface area contributed by atoms with Gasteiger partial charge in [0.05, 0.1) is 0 Å². The molecule has 0 aliphatic heterocycles. The second-order valence-corrected chi connectivity index (χ2v) is 3.48. The number of rotatable bonds is 10. The molecule has 0 aromatic rings. The minimum atomic E-state index is -0.108. The first-order valence-corrected chi connectivity index (χ1v) is 6.17. The molecule has 0 radical (unpaired) electrons. The first kappa shape index (κ1) is 14.9. The van der Waals surface area contributed by atoms with Crippen molar-refractivity contribution in [1.29, 1.82) is 0 Å². The van der Waals surface area contributed by atoms with Crippen LogP contribution in [0.5, 0.6) is 0 Å². The van der Waals surface area contributed by atoms with Crippen LogP contribution in [-0.2, 0) is 14.2 Å². The number of ether oxygens (including phenoxy) is 3. The highest BCUT2D eigenvalue weighted by molar-refractivity contribution is 4.49. The molecule has 2 atom stereocenters. The van der Waals surface area contributed by atoms with Gasteiger partial charge in [-0.25, -0.2) is 0 Å². The molecule has 0 aliphatic carbocycles. The summed E-state index contributed by atoms with van der Waals surface area (Å²) in [4.78, 5) is 0. The highest BCUT2D eigenvalue weighted by atomic mass is 16.8. The third kappa shape index (κ3) is 7.77. The van der Waals surface area contributed by atoms with E-state index in [1.165, 1.54) is 0 Å². The smallest absolute Gasteiger partial charge is 0.160 e. The molecule has 0 saturated heterocycles. The van der Waals surface area contributed by atoms with E-state index in [0.717, 1.165) is 25.7 Å². The monoisotopic (exact) mass is 218 g/mol. The lowest BCUT2D eigenvalue weighted by atomic mass is 10.3. The summed E-state index contributed by atoms with van der Waals surface area (Å²) in [5.74, 6) is 0. The SMILES string of the molecule is CCCC(OCC)OC(CCC)OCC. The third-order valence-electron chi connectivity index (χ3n) is 2.06. The van der Waals surface area contributed by atoms with Crippen molar-refractivity contribution < 1.29 is 14.2 Å². The van der Waals surface area contributed by atoms with Gasteiger partial charge >= 0.3 is 0 Å². The average molecular weight is 218 g/mol. The van der Waals surface area contributed by atoms with Gasteiger partial charge in [0.15, 0.2) is 12.6 Å². The quantitative estimate of drug-likeness (QED) is 0.526. The Morgan fingerprint density at radius 2 is 1.13 bits per heavy atom. The summed E-state index contributed by atoms with van der Waals surface area (Å²) in [6, 6.07) is 0. The van der Waals surface area contributed by atoms with Gasteiger partial charge in [0.1, 0.15) is 0 Å². The van der Waals surface area contributed by atoms with E-state index >= 15 is 0 Å². The van der Waals surface area contributed by atoms with Crippen molar-refractivity contribution in [1.82, 2.24) is 0 Å². The van der Waals surface area contributed by atoms with E-state index in [9.17, 15) is 0 Å². The van der Waals surface area contributed by atoms with Crippen molar-refractivity contribution in [3.63, 3.8) is 0 Å². The van der Waals surface area contributed by atoms with Gasteiger partial charge in [0, 0.05) is 13.2 Å². The molecule has 0 aromatic heterocycles. The molecule has 92 valence electrons. The van der Waals surface area contributed by atoms with Gasteiger partial charge in [0.2, 0.25) is 0 Å². The maximum atomic E-state index is 5.77. The van der Waals surface area contributed by atoms with Gasteiger partial charge < -0.3 is 14.2 Å². The maximum Gasteiger partial charge on any atom is 0.160 e. The zero-order valence-corrected chi connectivity index (χ0v) is 10.6. The Morgan fingerprint density at radius 3 is 1.40 bits per heavy atom. The molecule has 0 saturated carbocycles. The summed E-state index contributed by atoms with van der Waals surface area (Å²) in [7, 11) is 0. The highest BCUT2D eigenvalue weighted by Crippen LogP contribution is 2.12. The Hall–Kier alpha value is -0.120. The second-order valence-electron chi connectivity index (χ2n) is 3.48. The molecule has 3 heteroatoms. The van der Waals surface area contributed by atoms with Crippen LogP contribution in [0.1, 0.15) is 53.4 Å². The van der Waals surface area contributed by atoms with Crippen LogP contribution in [0.3, 0.4) is 0 Å². The topological polar surface area (TPSA) is 27.7 Å². The summed E-state index contributed by atoms with van der Waals surface area (Å²) < 4.78 is 16.8. The summed E-state index contributed by atoms with van der Waals surface area (Å²) >= 11 is 0. The van der Waals surface area contributed by atoms with E-state index in [0.29, 0.717) is 13.2 Å². The molecule has 0 fully saturated rings. The maximum absolute atomic E-state index is 5.77. The fourth-order valence-corrected chi connectivity index (χ4v) is 1.39. The van der Waals surface area contributed by atoms with Crippen molar-refractivity contribution >= 4 is 0 Å². The molecular formula is C12H26O3. The molecule has 0 rings (SSSR count). The zero-order valence-electron chi connectivity index (χ0n) is 10.6. The Labute approximate surface area is 94.1 Å². The molecule has 0 aromatic carbocycles. The van der Waals surface area contributed by atoms with Crippen molar-refractivity contribution in [3.8, 4) is 0 Å². The summed E-state index contributed by atoms with van der Waals surface area (Å²) in [5, 5.41) is 0. The predicted octanol–water partition coefficient (Wildman–Crippen LogP) is 3.33. The lowest BCUT2D eigenvalue weighted by molar-refractivity contribution is -0.246. The predicted molar refractivity (Wildman–Crippen MR) is 61.7 cm³/mol. The third-order valence-corrected chi connectivity index (χ3v) is 2.06. The van der Waals surface area contributed by atoms with E-state index in [1.54, 1.807) is 0 Å². The van der Waals surface area contributed by atoms with Crippen molar-refractivity contribution in [3.05, 3.63) is 0 Å². The minimum Gasteiger partial charge on any atom is -0.353 e. The molecule has 0 amide bonds. The molecular weight excluding hydrogens is 192 g/mol. The van der Waals surface area contributed by atoms with E-state index in [1.807, 2.05) is 13.8 Å². The van der Waals surface area contributed by atoms with Crippen LogP contribution in [0.15, 0.2) is 0 Å². The van der Waals surface area contributed by atoms with Gasteiger partial charge in [-0.3, -0.25) is 0 Å². The Kier molecular flexibility index (Phi) is 10.3. The highest BCUT2D eigenvalue weighted by Gasteiger charge is 2.15. The van der Waals surface area contributed by atoms with Crippen LogP contribution in [0.4, 0.5) is 0 Å². The molecule has 3 nitrogen and oxygen atoms in total. The van der Waals surface area contributed by atoms with Crippen LogP contribution < -0.4 is 0 Å². The lowest BCUT2D eigenvalue weighted by Crippen LogP contribution is -2.27. The van der Waals surface area contributed by atoms with Gasteiger partial charge in [-0.1, -0.05) is 26.7 Å². The van der Waals surface area contributed by atoms with Gasteiger partial charge in [-0.2, -0.15) is 0 Å². The van der Waals surface area contributed by atoms with Crippen LogP contribution in [0, 0.1) is 0 Å².